The third-order valence-corrected chi connectivity index (χ3v) is 6.01. The predicted octanol–water partition coefficient (Wildman–Crippen LogP) is 5.92. The van der Waals surface area contributed by atoms with Gasteiger partial charge in [0.05, 0.1) is 23.9 Å². The molecule has 0 bridgehead atoms. The van der Waals surface area contributed by atoms with E-state index in [4.69, 9.17) is 13.7 Å². The third kappa shape index (κ3) is 3.77. The molecule has 2 aromatic carbocycles. The largest absolute Gasteiger partial charge is 0.496 e. The second-order valence-corrected chi connectivity index (χ2v) is 8.24. The molecule has 4 aromatic rings. The highest BCUT2D eigenvalue weighted by atomic mass is 19.1. The van der Waals surface area contributed by atoms with Crippen molar-refractivity contribution in [3.8, 4) is 28.2 Å². The molecule has 1 aliphatic carbocycles. The third-order valence-electron chi connectivity index (χ3n) is 6.01. The fourth-order valence-electron chi connectivity index (χ4n) is 4.15. The van der Waals surface area contributed by atoms with E-state index < -0.39 is 0 Å². The molecule has 2 aromatic heterocycles. The number of aryl methyl sites for hydroxylation is 2. The van der Waals surface area contributed by atoms with Gasteiger partial charge >= 0.3 is 0 Å². The van der Waals surface area contributed by atoms with E-state index in [1.54, 1.807) is 19.2 Å². The number of nitrogens with zero attached hydrogens (tertiary/aromatic N) is 1. The van der Waals surface area contributed by atoms with Gasteiger partial charge in [0, 0.05) is 29.0 Å². The number of nitrogens with one attached hydrogen (secondary N) is 1. The van der Waals surface area contributed by atoms with E-state index in [1.165, 1.54) is 12.1 Å². The van der Waals surface area contributed by atoms with Gasteiger partial charge in [0.15, 0.2) is 0 Å². The quantitative estimate of drug-likeness (QED) is 0.380. The van der Waals surface area contributed by atoms with Crippen LogP contribution in [0.3, 0.4) is 0 Å². The minimum atomic E-state index is -0.352. The Balaban J connectivity index is 1.75. The summed E-state index contributed by atoms with van der Waals surface area (Å²) in [6.07, 6.45) is 3.31. The van der Waals surface area contributed by atoms with E-state index >= 15 is 0 Å². The molecule has 1 saturated carbocycles. The minimum absolute atomic E-state index is 0.181. The molecule has 0 atom stereocenters. The van der Waals surface area contributed by atoms with Crippen LogP contribution in [0.15, 0.2) is 45.3 Å². The molecule has 170 valence electrons. The van der Waals surface area contributed by atoms with Crippen LogP contribution in [0.25, 0.3) is 33.4 Å². The summed E-state index contributed by atoms with van der Waals surface area (Å²) in [5.41, 5.74) is 4.11. The lowest BCUT2D eigenvalue weighted by atomic mass is 9.97. The summed E-state index contributed by atoms with van der Waals surface area (Å²) in [5.74, 6) is 1.20. The Kier molecular flexibility index (Phi) is 5.40. The molecule has 33 heavy (non-hydrogen) atoms. The van der Waals surface area contributed by atoms with Gasteiger partial charge in [0.1, 0.15) is 28.7 Å². The molecule has 1 amide bonds. The monoisotopic (exact) mass is 448 g/mol. The van der Waals surface area contributed by atoms with E-state index in [0.717, 1.165) is 35.4 Å². The number of aromatic nitrogens is 1. The van der Waals surface area contributed by atoms with Gasteiger partial charge in [0.25, 0.3) is 5.91 Å². The summed E-state index contributed by atoms with van der Waals surface area (Å²) in [7, 11) is 1.60. The minimum Gasteiger partial charge on any atom is -0.496 e. The van der Waals surface area contributed by atoms with Crippen LogP contribution < -0.4 is 10.1 Å². The van der Waals surface area contributed by atoms with Crippen molar-refractivity contribution in [3.05, 3.63) is 59.2 Å². The van der Waals surface area contributed by atoms with Crippen LogP contribution in [-0.4, -0.2) is 24.2 Å². The smallest absolute Gasteiger partial charge is 0.256 e. The first kappa shape index (κ1) is 21.2. The summed E-state index contributed by atoms with van der Waals surface area (Å²) < 4.78 is 31.1. The van der Waals surface area contributed by atoms with Gasteiger partial charge in [-0.3, -0.25) is 4.79 Å². The number of benzene rings is 2. The Morgan fingerprint density at radius 1 is 1.18 bits per heavy atom. The highest BCUT2D eigenvalue weighted by Crippen LogP contribution is 2.42. The van der Waals surface area contributed by atoms with Crippen molar-refractivity contribution in [2.24, 2.45) is 0 Å². The first-order chi connectivity index (χ1) is 16.0. The van der Waals surface area contributed by atoms with Crippen molar-refractivity contribution in [2.45, 2.75) is 45.6 Å². The topological polar surface area (TPSA) is 77.5 Å². The van der Waals surface area contributed by atoms with Gasteiger partial charge in [-0.2, -0.15) is 0 Å². The molecular formula is C26H25FN2O4. The number of carbonyl (C=O) groups excluding carboxylic acids is 1. The van der Waals surface area contributed by atoms with E-state index in [0.29, 0.717) is 46.4 Å². The maximum Gasteiger partial charge on any atom is 0.256 e. The van der Waals surface area contributed by atoms with Gasteiger partial charge in [-0.25, -0.2) is 4.39 Å². The van der Waals surface area contributed by atoms with Crippen molar-refractivity contribution in [1.29, 1.82) is 0 Å². The lowest BCUT2D eigenvalue weighted by Crippen LogP contribution is -2.25. The molecular weight excluding hydrogens is 423 g/mol. The molecule has 0 spiro atoms. The van der Waals surface area contributed by atoms with Gasteiger partial charge in [-0.1, -0.05) is 19.0 Å². The normalized spacial score (nSPS) is 13.5. The summed E-state index contributed by atoms with van der Waals surface area (Å²) >= 11 is 0. The van der Waals surface area contributed by atoms with Gasteiger partial charge in [-0.15, -0.1) is 0 Å². The SMILES string of the molecule is CCc1noc(CC)c1-c1cc2oc(-c3ccc(F)cc3)c(C(=O)NC3CC3)c2cc1OC. The second kappa shape index (κ2) is 8.39. The Morgan fingerprint density at radius 3 is 2.58 bits per heavy atom. The van der Waals surface area contributed by atoms with Crippen LogP contribution >= 0.6 is 0 Å². The molecule has 0 unspecified atom stereocenters. The first-order valence-corrected chi connectivity index (χ1v) is 11.2. The lowest BCUT2D eigenvalue weighted by Gasteiger charge is -2.10. The Morgan fingerprint density at radius 2 is 1.94 bits per heavy atom. The number of hydrogen-bond donors (Lipinski definition) is 1. The number of ether oxygens (including phenoxy) is 1. The molecule has 1 N–H and O–H groups in total. The zero-order chi connectivity index (χ0) is 23.1. The summed E-state index contributed by atoms with van der Waals surface area (Å²) in [6.45, 7) is 4.03. The molecule has 6 nitrogen and oxygen atoms in total. The number of halogens is 1. The zero-order valence-corrected chi connectivity index (χ0v) is 18.8. The fourth-order valence-corrected chi connectivity index (χ4v) is 4.15. The molecule has 7 heteroatoms. The zero-order valence-electron chi connectivity index (χ0n) is 18.8. The highest BCUT2D eigenvalue weighted by Gasteiger charge is 2.30. The average molecular weight is 448 g/mol. The van der Waals surface area contributed by atoms with E-state index in [2.05, 4.69) is 10.5 Å². The Bertz CT molecular complexity index is 1310. The standard InChI is InChI=1S/C26H25FN2O4/c1-4-19-23(20(5-2)33-29-19)17-13-22-18(12-21(17)31-3)24(26(30)28-16-10-11-16)25(32-22)14-6-8-15(27)9-7-14/h6-9,12-13,16H,4-5,10-11H2,1-3H3,(H,28,30). The number of fused-ring (bicyclic) bond motifs is 1. The maximum atomic E-state index is 13.6. The lowest BCUT2D eigenvalue weighted by molar-refractivity contribution is 0.0952. The number of methoxy groups -OCH3 is 1. The number of furan rings is 1. The molecule has 2 heterocycles. The fraction of sp³-hybridized carbons (Fsp3) is 0.308. The van der Waals surface area contributed by atoms with Crippen LogP contribution in [0.1, 0.15) is 48.5 Å². The van der Waals surface area contributed by atoms with E-state index in [1.807, 2.05) is 26.0 Å². The molecule has 0 radical (unpaired) electrons. The van der Waals surface area contributed by atoms with Crippen molar-refractivity contribution in [1.82, 2.24) is 10.5 Å². The number of carbonyl (C=O) groups is 1. The van der Waals surface area contributed by atoms with Crippen LogP contribution in [0.4, 0.5) is 4.39 Å². The molecule has 1 fully saturated rings. The maximum absolute atomic E-state index is 13.6. The average Bonchev–Trinajstić information content (AvgIpc) is 3.41. The van der Waals surface area contributed by atoms with Crippen molar-refractivity contribution < 1.29 is 22.9 Å². The number of hydrogen-bond acceptors (Lipinski definition) is 5. The molecule has 0 aliphatic heterocycles. The predicted molar refractivity (Wildman–Crippen MR) is 123 cm³/mol. The van der Waals surface area contributed by atoms with Gasteiger partial charge in [-0.05, 0) is 55.7 Å². The van der Waals surface area contributed by atoms with Crippen LogP contribution in [0, 0.1) is 5.82 Å². The van der Waals surface area contributed by atoms with E-state index in [9.17, 15) is 9.18 Å². The van der Waals surface area contributed by atoms with Gasteiger partial charge in [0.2, 0.25) is 0 Å². The number of rotatable bonds is 7. The second-order valence-electron chi connectivity index (χ2n) is 8.24. The summed E-state index contributed by atoms with van der Waals surface area (Å²) in [4.78, 5) is 13.2. The Hall–Kier alpha value is -3.61. The first-order valence-electron chi connectivity index (χ1n) is 11.2. The van der Waals surface area contributed by atoms with E-state index in [-0.39, 0.29) is 17.8 Å². The van der Waals surface area contributed by atoms with Crippen molar-refractivity contribution >= 4 is 16.9 Å². The van der Waals surface area contributed by atoms with Crippen LogP contribution in [-0.2, 0) is 12.8 Å². The van der Waals surface area contributed by atoms with Crippen LogP contribution in [0.2, 0.25) is 0 Å². The highest BCUT2D eigenvalue weighted by molar-refractivity contribution is 6.12. The summed E-state index contributed by atoms with van der Waals surface area (Å²) in [6, 6.07) is 9.83. The molecule has 5 rings (SSSR count). The molecule has 1 aliphatic rings. The van der Waals surface area contributed by atoms with Gasteiger partial charge < -0.3 is 19.0 Å². The van der Waals surface area contributed by atoms with Crippen molar-refractivity contribution in [2.75, 3.05) is 7.11 Å². The summed E-state index contributed by atoms with van der Waals surface area (Å²) in [5, 5.41) is 7.91. The van der Waals surface area contributed by atoms with Crippen LogP contribution in [0.5, 0.6) is 5.75 Å². The molecule has 0 saturated heterocycles. The van der Waals surface area contributed by atoms with Crippen molar-refractivity contribution in [3.63, 3.8) is 0 Å². The Labute approximate surface area is 190 Å². The number of amides is 1.